The number of halogens is 1. The number of hydrogen-bond donors (Lipinski definition) is 1. The monoisotopic (exact) mass is 583 g/mol. The number of carbonyl (C=O) groups is 2. The summed E-state index contributed by atoms with van der Waals surface area (Å²) in [5.41, 5.74) is 3.70. The second-order valence-electron chi connectivity index (χ2n) is 9.98. The number of benzene rings is 3. The third-order valence-corrected chi connectivity index (χ3v) is 8.75. The fraction of sp³-hybridized carbons (Fsp3) is 0.355. The van der Waals surface area contributed by atoms with Gasteiger partial charge >= 0.3 is 0 Å². The van der Waals surface area contributed by atoms with Gasteiger partial charge in [0.05, 0.1) is 10.6 Å². The fourth-order valence-electron chi connectivity index (χ4n) is 4.41. The quantitative estimate of drug-likeness (QED) is 0.292. The number of hydrogen-bond acceptors (Lipinski definition) is 4. The lowest BCUT2D eigenvalue weighted by Crippen LogP contribution is -2.52. The molecule has 3 aromatic rings. The van der Waals surface area contributed by atoms with Gasteiger partial charge in [0.2, 0.25) is 11.8 Å². The van der Waals surface area contributed by atoms with Crippen molar-refractivity contribution in [1.29, 1.82) is 0 Å². The molecule has 0 aliphatic carbocycles. The minimum absolute atomic E-state index is 0.0868. The highest BCUT2D eigenvalue weighted by molar-refractivity contribution is 7.92. The van der Waals surface area contributed by atoms with Crippen LogP contribution in [-0.2, 0) is 26.2 Å². The number of aryl methyl sites for hydroxylation is 3. The third kappa shape index (κ3) is 7.64. The SMILES string of the molecule is CCCNC(=O)[C@H](CC)N(Cc1ccc(Cl)cc1)C(=O)CN(c1cc(C)ccc1C)S(=O)(=O)c1ccc(C)cc1. The zero-order valence-corrected chi connectivity index (χ0v) is 25.3. The van der Waals surface area contributed by atoms with Gasteiger partial charge in [0.1, 0.15) is 12.6 Å². The van der Waals surface area contributed by atoms with Crippen molar-refractivity contribution in [2.75, 3.05) is 17.4 Å². The van der Waals surface area contributed by atoms with Gasteiger partial charge in [-0.3, -0.25) is 13.9 Å². The van der Waals surface area contributed by atoms with E-state index >= 15 is 0 Å². The van der Waals surface area contributed by atoms with Crippen LogP contribution in [0.3, 0.4) is 0 Å². The van der Waals surface area contributed by atoms with Crippen molar-refractivity contribution in [2.24, 2.45) is 0 Å². The van der Waals surface area contributed by atoms with Crippen molar-refractivity contribution in [1.82, 2.24) is 10.2 Å². The molecule has 0 saturated carbocycles. The molecule has 214 valence electrons. The topological polar surface area (TPSA) is 86.8 Å². The highest BCUT2D eigenvalue weighted by atomic mass is 35.5. The highest BCUT2D eigenvalue weighted by Gasteiger charge is 2.34. The molecule has 7 nitrogen and oxygen atoms in total. The normalized spacial score (nSPS) is 12.1. The van der Waals surface area contributed by atoms with Crippen LogP contribution in [0.5, 0.6) is 0 Å². The van der Waals surface area contributed by atoms with E-state index in [1.165, 1.54) is 4.90 Å². The second kappa shape index (κ2) is 13.8. The Balaban J connectivity index is 2.09. The molecule has 0 spiro atoms. The third-order valence-electron chi connectivity index (χ3n) is 6.72. The number of nitrogens with one attached hydrogen (secondary N) is 1. The maximum Gasteiger partial charge on any atom is 0.264 e. The smallest absolute Gasteiger partial charge is 0.264 e. The predicted octanol–water partition coefficient (Wildman–Crippen LogP) is 5.79. The first kappa shape index (κ1) is 31.2. The molecule has 40 heavy (non-hydrogen) atoms. The number of nitrogens with zero attached hydrogens (tertiary/aromatic N) is 2. The molecule has 0 aliphatic rings. The van der Waals surface area contributed by atoms with Crippen molar-refractivity contribution in [3.05, 3.63) is 94.0 Å². The van der Waals surface area contributed by atoms with E-state index in [2.05, 4.69) is 5.32 Å². The largest absolute Gasteiger partial charge is 0.354 e. The summed E-state index contributed by atoms with van der Waals surface area (Å²) in [7, 11) is -4.12. The van der Waals surface area contributed by atoms with Crippen LogP contribution in [0.15, 0.2) is 71.6 Å². The molecule has 0 bridgehead atoms. The van der Waals surface area contributed by atoms with Crippen LogP contribution in [0, 0.1) is 20.8 Å². The Kier molecular flexibility index (Phi) is 10.8. The number of rotatable bonds is 12. The van der Waals surface area contributed by atoms with E-state index < -0.39 is 28.5 Å². The average Bonchev–Trinajstić information content (AvgIpc) is 2.93. The molecule has 0 saturated heterocycles. The molecule has 0 aromatic heterocycles. The molecule has 0 radical (unpaired) electrons. The Morgan fingerprint density at radius 3 is 2.12 bits per heavy atom. The summed E-state index contributed by atoms with van der Waals surface area (Å²) < 4.78 is 29.2. The van der Waals surface area contributed by atoms with Crippen molar-refractivity contribution >= 4 is 39.1 Å². The molecule has 0 fully saturated rings. The molecule has 9 heteroatoms. The Hall–Kier alpha value is -3.36. The molecule has 1 N–H and O–H groups in total. The molecule has 3 rings (SSSR count). The summed E-state index contributed by atoms with van der Waals surface area (Å²) in [5.74, 6) is -0.753. The number of anilines is 1. The Morgan fingerprint density at radius 2 is 1.52 bits per heavy atom. The van der Waals surface area contributed by atoms with Gasteiger partial charge in [0.15, 0.2) is 0 Å². The lowest BCUT2D eigenvalue weighted by molar-refractivity contribution is -0.140. The predicted molar refractivity (Wildman–Crippen MR) is 161 cm³/mol. The van der Waals surface area contributed by atoms with Gasteiger partial charge in [0.25, 0.3) is 10.0 Å². The lowest BCUT2D eigenvalue weighted by atomic mass is 10.1. The lowest BCUT2D eigenvalue weighted by Gasteiger charge is -2.33. The fourth-order valence-corrected chi connectivity index (χ4v) is 6.01. The summed E-state index contributed by atoms with van der Waals surface area (Å²) in [4.78, 5) is 28.8. The highest BCUT2D eigenvalue weighted by Crippen LogP contribution is 2.29. The summed E-state index contributed by atoms with van der Waals surface area (Å²) >= 11 is 6.07. The Bertz CT molecular complexity index is 1420. The first-order valence-corrected chi connectivity index (χ1v) is 15.3. The van der Waals surface area contributed by atoms with Gasteiger partial charge < -0.3 is 10.2 Å². The molecular weight excluding hydrogens is 546 g/mol. The minimum Gasteiger partial charge on any atom is -0.354 e. The van der Waals surface area contributed by atoms with Crippen LogP contribution in [0.2, 0.25) is 5.02 Å². The molecule has 0 aliphatic heterocycles. The van der Waals surface area contributed by atoms with E-state index in [4.69, 9.17) is 11.6 Å². The summed E-state index contributed by atoms with van der Waals surface area (Å²) in [6.07, 6.45) is 1.12. The second-order valence-corrected chi connectivity index (χ2v) is 12.3. The van der Waals surface area contributed by atoms with Crippen molar-refractivity contribution in [2.45, 2.75) is 64.9 Å². The minimum atomic E-state index is -4.12. The average molecular weight is 584 g/mol. The van der Waals surface area contributed by atoms with E-state index in [9.17, 15) is 18.0 Å². The van der Waals surface area contributed by atoms with Crippen LogP contribution >= 0.6 is 11.6 Å². The van der Waals surface area contributed by atoms with Gasteiger partial charge in [-0.25, -0.2) is 8.42 Å². The van der Waals surface area contributed by atoms with E-state index in [1.807, 2.05) is 46.8 Å². The van der Waals surface area contributed by atoms with Crippen LogP contribution in [-0.4, -0.2) is 44.3 Å². The van der Waals surface area contributed by atoms with Gasteiger partial charge in [-0.05, 0) is 80.6 Å². The molecule has 2 amide bonds. The summed E-state index contributed by atoms with van der Waals surface area (Å²) in [6, 6.07) is 18.3. The summed E-state index contributed by atoms with van der Waals surface area (Å²) in [6.45, 7) is 9.50. The van der Waals surface area contributed by atoms with E-state index in [1.54, 1.807) is 54.6 Å². The molecule has 3 aromatic carbocycles. The van der Waals surface area contributed by atoms with Crippen molar-refractivity contribution in [3.63, 3.8) is 0 Å². The van der Waals surface area contributed by atoms with Gasteiger partial charge in [-0.2, -0.15) is 0 Å². The standard InChI is InChI=1S/C31H38ClN3O4S/c1-6-18-33-31(37)28(7-2)34(20-25-12-14-26(32)15-13-25)30(36)21-35(29-19-23(4)8-11-24(29)5)40(38,39)27-16-9-22(3)10-17-27/h8-17,19,28H,6-7,18,20-21H2,1-5H3,(H,33,37)/t28-/m0/s1. The first-order chi connectivity index (χ1) is 19.0. The maximum atomic E-state index is 14.1. The van der Waals surface area contributed by atoms with Crippen LogP contribution in [0.25, 0.3) is 0 Å². The van der Waals surface area contributed by atoms with E-state index in [0.717, 1.165) is 27.4 Å². The molecule has 1 atom stereocenters. The van der Waals surface area contributed by atoms with E-state index in [0.29, 0.717) is 29.2 Å². The first-order valence-electron chi connectivity index (χ1n) is 13.5. The number of sulfonamides is 1. The Morgan fingerprint density at radius 1 is 0.900 bits per heavy atom. The van der Waals surface area contributed by atoms with Gasteiger partial charge in [0, 0.05) is 18.1 Å². The van der Waals surface area contributed by atoms with Crippen molar-refractivity contribution < 1.29 is 18.0 Å². The van der Waals surface area contributed by atoms with Crippen molar-refractivity contribution in [3.8, 4) is 0 Å². The zero-order chi connectivity index (χ0) is 29.4. The van der Waals surface area contributed by atoms with Crippen LogP contribution < -0.4 is 9.62 Å². The van der Waals surface area contributed by atoms with Crippen LogP contribution in [0.1, 0.15) is 48.9 Å². The molecule has 0 heterocycles. The maximum absolute atomic E-state index is 14.1. The van der Waals surface area contributed by atoms with Gasteiger partial charge in [-0.1, -0.05) is 67.4 Å². The van der Waals surface area contributed by atoms with Gasteiger partial charge in [-0.15, -0.1) is 0 Å². The zero-order valence-electron chi connectivity index (χ0n) is 23.8. The van der Waals surface area contributed by atoms with E-state index in [-0.39, 0.29) is 17.3 Å². The molecule has 0 unspecified atom stereocenters. The molecular formula is C31H38ClN3O4S. The summed E-state index contributed by atoms with van der Waals surface area (Å²) in [5, 5.41) is 3.45. The Labute approximate surface area is 243 Å². The number of amides is 2. The number of carbonyl (C=O) groups excluding carboxylic acids is 2. The van der Waals surface area contributed by atoms with Crippen LogP contribution in [0.4, 0.5) is 5.69 Å².